The second kappa shape index (κ2) is 5.60. The summed E-state index contributed by atoms with van der Waals surface area (Å²) in [7, 11) is 1.36. The molecule has 0 fully saturated rings. The third-order valence-corrected chi connectivity index (χ3v) is 3.78. The Labute approximate surface area is 128 Å². The molecule has 3 aromatic carbocycles. The van der Waals surface area contributed by atoms with Crippen LogP contribution >= 0.6 is 0 Å². The predicted octanol–water partition coefficient (Wildman–Crippen LogP) is 4.74. The normalized spacial score (nSPS) is 10.7. The van der Waals surface area contributed by atoms with Crippen molar-refractivity contribution in [1.29, 1.82) is 0 Å². The molecule has 0 amide bonds. The van der Waals surface area contributed by atoms with Gasteiger partial charge in [0.15, 0.2) is 0 Å². The third kappa shape index (κ3) is 2.46. The van der Waals surface area contributed by atoms with E-state index in [0.717, 1.165) is 27.5 Å². The molecule has 0 spiro atoms. The summed E-state index contributed by atoms with van der Waals surface area (Å²) >= 11 is 0. The van der Waals surface area contributed by atoms with Gasteiger partial charge in [0.2, 0.25) is 0 Å². The van der Waals surface area contributed by atoms with Crippen molar-refractivity contribution >= 4 is 16.7 Å². The van der Waals surface area contributed by atoms with Crippen LogP contribution in [0.1, 0.15) is 15.9 Å². The number of fused-ring (bicyclic) bond motifs is 1. The monoisotopic (exact) mass is 294 g/mol. The van der Waals surface area contributed by atoms with Crippen molar-refractivity contribution < 1.29 is 13.9 Å². The first-order chi connectivity index (χ1) is 10.6. The standard InChI is InChI=1S/C19H15FO2/c1-12-3-4-13-5-6-15(19(21)22-2)11-17(13)18(12)14-7-9-16(20)10-8-14/h3-11H,1-2H3. The highest BCUT2D eigenvalue weighted by molar-refractivity contribution is 6.02. The van der Waals surface area contributed by atoms with Crippen LogP contribution in [0.3, 0.4) is 0 Å². The average molecular weight is 294 g/mol. The highest BCUT2D eigenvalue weighted by Gasteiger charge is 2.11. The van der Waals surface area contributed by atoms with E-state index in [-0.39, 0.29) is 11.8 Å². The van der Waals surface area contributed by atoms with Crippen LogP contribution in [0.15, 0.2) is 54.6 Å². The van der Waals surface area contributed by atoms with E-state index in [2.05, 4.69) is 0 Å². The number of esters is 1. The van der Waals surface area contributed by atoms with Gasteiger partial charge in [-0.25, -0.2) is 9.18 Å². The van der Waals surface area contributed by atoms with Gasteiger partial charge in [0.25, 0.3) is 0 Å². The van der Waals surface area contributed by atoms with Gasteiger partial charge in [-0.3, -0.25) is 0 Å². The first kappa shape index (κ1) is 14.3. The zero-order chi connectivity index (χ0) is 15.7. The van der Waals surface area contributed by atoms with E-state index in [1.807, 2.05) is 31.2 Å². The molecule has 0 aliphatic carbocycles. The molecule has 3 heteroatoms. The van der Waals surface area contributed by atoms with Gasteiger partial charge in [-0.05, 0) is 58.7 Å². The minimum atomic E-state index is -0.367. The zero-order valence-corrected chi connectivity index (χ0v) is 12.4. The van der Waals surface area contributed by atoms with Gasteiger partial charge >= 0.3 is 5.97 Å². The molecule has 3 rings (SSSR count). The van der Waals surface area contributed by atoms with Gasteiger partial charge in [-0.15, -0.1) is 0 Å². The molecule has 0 saturated carbocycles. The van der Waals surface area contributed by atoms with Crippen molar-refractivity contribution in [2.75, 3.05) is 7.11 Å². The van der Waals surface area contributed by atoms with Crippen molar-refractivity contribution in [2.45, 2.75) is 6.92 Å². The molecule has 0 bridgehead atoms. The summed E-state index contributed by atoms with van der Waals surface area (Å²) in [5.41, 5.74) is 3.50. The molecule has 0 aliphatic rings. The fourth-order valence-corrected chi connectivity index (χ4v) is 2.67. The van der Waals surface area contributed by atoms with E-state index >= 15 is 0 Å². The van der Waals surface area contributed by atoms with Gasteiger partial charge < -0.3 is 4.74 Å². The Hall–Kier alpha value is -2.68. The lowest BCUT2D eigenvalue weighted by atomic mass is 9.93. The summed E-state index contributed by atoms with van der Waals surface area (Å²) < 4.78 is 18.0. The molecule has 22 heavy (non-hydrogen) atoms. The number of halogens is 1. The maximum absolute atomic E-state index is 13.2. The van der Waals surface area contributed by atoms with Crippen LogP contribution in [-0.2, 0) is 4.74 Å². The Kier molecular flexibility index (Phi) is 3.63. The average Bonchev–Trinajstić information content (AvgIpc) is 2.54. The maximum Gasteiger partial charge on any atom is 0.337 e. The van der Waals surface area contributed by atoms with Crippen molar-refractivity contribution in [3.8, 4) is 11.1 Å². The Morgan fingerprint density at radius 3 is 2.36 bits per heavy atom. The maximum atomic E-state index is 13.2. The Balaban J connectivity index is 2.29. The number of carbonyl (C=O) groups is 1. The molecular formula is C19H15FO2. The molecule has 0 unspecified atom stereocenters. The minimum absolute atomic E-state index is 0.267. The lowest BCUT2D eigenvalue weighted by molar-refractivity contribution is 0.0601. The summed E-state index contributed by atoms with van der Waals surface area (Å²) in [4.78, 5) is 11.8. The number of carbonyl (C=O) groups excluding carboxylic acids is 1. The number of rotatable bonds is 2. The quantitative estimate of drug-likeness (QED) is 0.638. The number of hydrogen-bond acceptors (Lipinski definition) is 2. The fourth-order valence-electron chi connectivity index (χ4n) is 2.67. The second-order valence-electron chi connectivity index (χ2n) is 5.19. The van der Waals surface area contributed by atoms with Gasteiger partial charge in [0.05, 0.1) is 12.7 Å². The van der Waals surface area contributed by atoms with E-state index in [1.54, 1.807) is 18.2 Å². The summed E-state index contributed by atoms with van der Waals surface area (Å²) in [6.07, 6.45) is 0. The van der Waals surface area contributed by atoms with Crippen LogP contribution in [0, 0.1) is 12.7 Å². The molecule has 0 N–H and O–H groups in total. The van der Waals surface area contributed by atoms with Crippen LogP contribution in [0.5, 0.6) is 0 Å². The summed E-state index contributed by atoms with van der Waals surface area (Å²) in [6, 6.07) is 15.9. The van der Waals surface area contributed by atoms with Crippen molar-refractivity contribution in [1.82, 2.24) is 0 Å². The topological polar surface area (TPSA) is 26.3 Å². The molecule has 0 aromatic heterocycles. The number of aryl methyl sites for hydroxylation is 1. The summed E-state index contributed by atoms with van der Waals surface area (Å²) in [5, 5.41) is 1.98. The molecule has 0 atom stereocenters. The largest absolute Gasteiger partial charge is 0.465 e. The molecule has 0 aliphatic heterocycles. The van der Waals surface area contributed by atoms with E-state index in [9.17, 15) is 9.18 Å². The SMILES string of the molecule is COC(=O)c1ccc2ccc(C)c(-c3ccc(F)cc3)c2c1. The van der Waals surface area contributed by atoms with E-state index < -0.39 is 0 Å². The smallest absolute Gasteiger partial charge is 0.337 e. The highest BCUT2D eigenvalue weighted by atomic mass is 19.1. The Bertz CT molecular complexity index is 851. The predicted molar refractivity (Wildman–Crippen MR) is 85.4 cm³/mol. The number of benzene rings is 3. The van der Waals surface area contributed by atoms with Crippen molar-refractivity contribution in [3.05, 3.63) is 71.5 Å². The van der Waals surface area contributed by atoms with E-state index in [0.29, 0.717) is 5.56 Å². The van der Waals surface area contributed by atoms with Crippen LogP contribution in [0.2, 0.25) is 0 Å². The van der Waals surface area contributed by atoms with Crippen LogP contribution in [-0.4, -0.2) is 13.1 Å². The summed E-state index contributed by atoms with van der Waals surface area (Å²) in [6.45, 7) is 2.00. The second-order valence-corrected chi connectivity index (χ2v) is 5.19. The van der Waals surface area contributed by atoms with Gasteiger partial charge in [-0.1, -0.05) is 30.3 Å². The highest BCUT2D eigenvalue weighted by Crippen LogP contribution is 2.32. The van der Waals surface area contributed by atoms with Crippen molar-refractivity contribution in [3.63, 3.8) is 0 Å². The lowest BCUT2D eigenvalue weighted by Crippen LogP contribution is -2.01. The first-order valence-electron chi connectivity index (χ1n) is 6.98. The molecule has 0 radical (unpaired) electrons. The van der Waals surface area contributed by atoms with Crippen LogP contribution in [0.25, 0.3) is 21.9 Å². The van der Waals surface area contributed by atoms with E-state index in [4.69, 9.17) is 4.74 Å². The van der Waals surface area contributed by atoms with Gasteiger partial charge in [-0.2, -0.15) is 0 Å². The van der Waals surface area contributed by atoms with Gasteiger partial charge in [0, 0.05) is 0 Å². The van der Waals surface area contributed by atoms with E-state index in [1.165, 1.54) is 19.2 Å². The molecule has 110 valence electrons. The van der Waals surface area contributed by atoms with Crippen LogP contribution < -0.4 is 0 Å². The lowest BCUT2D eigenvalue weighted by Gasteiger charge is -2.12. The zero-order valence-electron chi connectivity index (χ0n) is 12.4. The number of ether oxygens (including phenoxy) is 1. The fraction of sp³-hybridized carbons (Fsp3) is 0.105. The van der Waals surface area contributed by atoms with Crippen LogP contribution in [0.4, 0.5) is 4.39 Å². The molecule has 2 nitrogen and oxygen atoms in total. The Morgan fingerprint density at radius 1 is 1.00 bits per heavy atom. The van der Waals surface area contributed by atoms with Gasteiger partial charge in [0.1, 0.15) is 5.82 Å². The van der Waals surface area contributed by atoms with Crippen molar-refractivity contribution in [2.24, 2.45) is 0 Å². The first-order valence-corrected chi connectivity index (χ1v) is 6.98. The molecule has 3 aromatic rings. The number of hydrogen-bond donors (Lipinski definition) is 0. The third-order valence-electron chi connectivity index (χ3n) is 3.78. The number of methoxy groups -OCH3 is 1. The molecule has 0 heterocycles. The minimum Gasteiger partial charge on any atom is -0.465 e. The molecular weight excluding hydrogens is 279 g/mol. The molecule has 0 saturated heterocycles. The Morgan fingerprint density at radius 2 is 1.68 bits per heavy atom. The summed E-state index contributed by atoms with van der Waals surface area (Å²) in [5.74, 6) is -0.634.